The number of carbonyl (C=O) groups excluding carboxylic acids is 1. The smallest absolute Gasteiger partial charge is 0.263 e. The van der Waals surface area contributed by atoms with E-state index in [0.29, 0.717) is 43.7 Å². The zero-order valence-corrected chi connectivity index (χ0v) is 35.6. The molecule has 2 fully saturated rings. The van der Waals surface area contributed by atoms with Crippen molar-refractivity contribution in [1.29, 1.82) is 0 Å². The number of nitrogens with zero attached hydrogens (tertiary/aromatic N) is 8. The van der Waals surface area contributed by atoms with Crippen LogP contribution in [0.1, 0.15) is 20.3 Å². The highest BCUT2D eigenvalue weighted by Crippen LogP contribution is 2.25. The molecule has 5 heterocycles. The maximum absolute atomic E-state index is 13.0. The number of benzene rings is 3. The highest BCUT2D eigenvalue weighted by molar-refractivity contribution is 7.93. The van der Waals surface area contributed by atoms with Crippen LogP contribution in [0.25, 0.3) is 10.9 Å². The van der Waals surface area contributed by atoms with Gasteiger partial charge in [0, 0.05) is 121 Å². The van der Waals surface area contributed by atoms with Crippen LogP contribution in [-0.4, -0.2) is 102 Å². The lowest BCUT2D eigenvalue weighted by molar-refractivity contribution is -0.133. The number of carbonyl (C=O) groups is 1. The van der Waals surface area contributed by atoms with E-state index in [1.54, 1.807) is 36.4 Å². The van der Waals surface area contributed by atoms with E-state index in [1.807, 2.05) is 54.4 Å². The van der Waals surface area contributed by atoms with Gasteiger partial charge in [-0.1, -0.05) is 11.6 Å². The van der Waals surface area contributed by atoms with E-state index in [-0.39, 0.29) is 32.0 Å². The number of aromatic nitrogens is 5. The van der Waals surface area contributed by atoms with Crippen LogP contribution >= 0.6 is 34.7 Å². The number of piperazine rings is 2. The van der Waals surface area contributed by atoms with E-state index in [1.165, 1.54) is 12.7 Å². The molecule has 306 valence electrons. The summed E-state index contributed by atoms with van der Waals surface area (Å²) in [5, 5.41) is 5.63. The van der Waals surface area contributed by atoms with E-state index in [2.05, 4.69) is 54.8 Å². The number of nitrogens with one attached hydrogen (secondary N) is 3. The quantitative estimate of drug-likeness (QED) is 0.154. The Morgan fingerprint density at radius 1 is 0.793 bits per heavy atom. The van der Waals surface area contributed by atoms with Crippen LogP contribution in [0, 0.1) is 0 Å². The van der Waals surface area contributed by atoms with Gasteiger partial charge in [-0.15, -0.1) is 0 Å². The van der Waals surface area contributed by atoms with Crippen molar-refractivity contribution in [3.8, 4) is 0 Å². The van der Waals surface area contributed by atoms with Crippen LogP contribution in [-0.2, 0) is 31.4 Å². The normalized spacial score (nSPS) is 17.5. The fraction of sp³-hybridized carbons (Fsp3) is 0.324. The molecule has 3 N–H and O–H groups in total. The molecule has 1 amide bonds. The van der Waals surface area contributed by atoms with Gasteiger partial charge < -0.3 is 24.6 Å². The second kappa shape index (κ2) is 18.0. The van der Waals surface area contributed by atoms with Gasteiger partial charge in [0.15, 0.2) is 0 Å². The second-order valence-electron chi connectivity index (χ2n) is 13.8. The summed E-state index contributed by atoms with van der Waals surface area (Å²) in [6.45, 7) is 9.51. The Balaban J connectivity index is 0.000000199. The minimum absolute atomic E-state index is 0.0361. The third-order valence-corrected chi connectivity index (χ3v) is 14.2. The Morgan fingerprint density at radius 3 is 1.91 bits per heavy atom. The average Bonchev–Trinajstić information content (AvgIpc) is 4.00. The Kier molecular flexibility index (Phi) is 12.8. The fourth-order valence-corrected chi connectivity index (χ4v) is 10.4. The number of halogens is 1. The lowest BCUT2D eigenvalue weighted by atomic mass is 10.1. The zero-order chi connectivity index (χ0) is 40.9. The molecule has 2 atom stereocenters. The summed E-state index contributed by atoms with van der Waals surface area (Å²) in [5.41, 5.74) is 3.01. The first-order chi connectivity index (χ1) is 27.8. The minimum Gasteiger partial charge on any atom is -0.369 e. The van der Waals surface area contributed by atoms with Crippen molar-refractivity contribution in [2.24, 2.45) is 0 Å². The Morgan fingerprint density at radius 2 is 1.38 bits per heavy atom. The molecular weight excluding hydrogens is 842 g/mol. The lowest BCUT2D eigenvalue weighted by Gasteiger charge is -2.41. The highest BCUT2D eigenvalue weighted by atomic mass is 35.5. The molecule has 8 rings (SSSR count). The maximum atomic E-state index is 13.0. The van der Waals surface area contributed by atoms with Gasteiger partial charge in [0.1, 0.15) is 12.7 Å². The van der Waals surface area contributed by atoms with Gasteiger partial charge in [-0.2, -0.15) is 8.75 Å². The van der Waals surface area contributed by atoms with E-state index >= 15 is 0 Å². The third-order valence-electron chi connectivity index (χ3n) is 9.81. The van der Waals surface area contributed by atoms with E-state index < -0.39 is 20.0 Å². The second-order valence-corrected chi connectivity index (χ2v) is 19.2. The van der Waals surface area contributed by atoms with Crippen LogP contribution in [0.2, 0.25) is 5.02 Å². The predicted octanol–water partition coefficient (Wildman–Crippen LogP) is 5.21. The van der Waals surface area contributed by atoms with Crippen LogP contribution in [0.4, 0.5) is 21.6 Å². The van der Waals surface area contributed by atoms with Crippen molar-refractivity contribution in [3.63, 3.8) is 0 Å². The van der Waals surface area contributed by atoms with Crippen molar-refractivity contribution < 1.29 is 21.6 Å². The molecule has 2 saturated heterocycles. The van der Waals surface area contributed by atoms with Gasteiger partial charge >= 0.3 is 0 Å². The largest absolute Gasteiger partial charge is 0.369 e. The number of sulfonamides is 2. The molecule has 16 nitrogen and oxygen atoms in total. The van der Waals surface area contributed by atoms with Crippen LogP contribution < -0.4 is 24.6 Å². The zero-order valence-electron chi connectivity index (χ0n) is 31.6. The highest BCUT2D eigenvalue weighted by Gasteiger charge is 2.28. The Hall–Kier alpha value is -4.86. The van der Waals surface area contributed by atoms with Crippen molar-refractivity contribution in [3.05, 3.63) is 96.7 Å². The summed E-state index contributed by atoms with van der Waals surface area (Å²) in [4.78, 5) is 27.4. The summed E-state index contributed by atoms with van der Waals surface area (Å²) < 4.78 is 64.1. The van der Waals surface area contributed by atoms with Crippen LogP contribution in [0.15, 0.2) is 101 Å². The molecule has 2 aliphatic heterocycles. The monoisotopic (exact) mass is 883 g/mol. The number of aryl methyl sites for hydroxylation is 1. The molecule has 0 spiro atoms. The molecule has 0 saturated carbocycles. The van der Waals surface area contributed by atoms with Gasteiger partial charge in [-0.25, -0.2) is 26.8 Å². The van der Waals surface area contributed by atoms with Crippen molar-refractivity contribution >= 4 is 93.2 Å². The first kappa shape index (κ1) is 41.3. The average molecular weight is 885 g/mol. The maximum Gasteiger partial charge on any atom is 0.263 e. The molecule has 3 aromatic heterocycles. The van der Waals surface area contributed by atoms with E-state index in [4.69, 9.17) is 11.6 Å². The number of fused-ring (bicyclic) bond motifs is 1. The van der Waals surface area contributed by atoms with Gasteiger partial charge in [0.2, 0.25) is 16.2 Å². The lowest BCUT2D eigenvalue weighted by Crippen LogP contribution is -2.54. The van der Waals surface area contributed by atoms with Gasteiger partial charge in [0.25, 0.3) is 20.0 Å². The Bertz CT molecular complexity index is 2520. The number of anilines is 4. The number of amides is 1. The minimum atomic E-state index is -3.72. The fourth-order valence-electron chi connectivity index (χ4n) is 6.91. The van der Waals surface area contributed by atoms with Gasteiger partial charge in [-0.05, 0) is 86.6 Å². The number of hydrogen-bond acceptors (Lipinski definition) is 14. The first-order valence-corrected chi connectivity index (χ1v) is 23.3. The SMILES string of the molecule is C[C@H]1CN(c2ccc(S(=O)(=O)Nc3ncns3)cc2)CCN1.C[C@H]1CN(c2ccc(S(=O)(=O)Nc3ncns3)cc2)CCN1C(=O)CCn1ccc2cc(Cl)ccc21. The van der Waals surface area contributed by atoms with E-state index in [0.717, 1.165) is 65.0 Å². The first-order valence-electron chi connectivity index (χ1n) is 18.4. The summed E-state index contributed by atoms with van der Waals surface area (Å²) in [5.74, 6) is 0.127. The van der Waals surface area contributed by atoms with E-state index in [9.17, 15) is 21.6 Å². The van der Waals surface area contributed by atoms with Crippen molar-refractivity contribution in [2.75, 3.05) is 58.5 Å². The van der Waals surface area contributed by atoms with Gasteiger partial charge in [-0.3, -0.25) is 14.2 Å². The summed E-state index contributed by atoms with van der Waals surface area (Å²) in [7, 11) is -7.34. The molecular formula is C37H42ClN11O5S4. The van der Waals surface area contributed by atoms with Crippen LogP contribution in [0.5, 0.6) is 0 Å². The summed E-state index contributed by atoms with van der Waals surface area (Å²) in [6.07, 6.45) is 5.03. The molecule has 0 unspecified atom stereocenters. The predicted molar refractivity (Wildman–Crippen MR) is 229 cm³/mol. The topological polar surface area (TPSA) is 188 Å². The molecule has 21 heteroatoms. The summed E-state index contributed by atoms with van der Waals surface area (Å²) >= 11 is 8.06. The molecule has 58 heavy (non-hydrogen) atoms. The van der Waals surface area contributed by atoms with Crippen molar-refractivity contribution in [2.45, 2.75) is 48.7 Å². The summed E-state index contributed by atoms with van der Waals surface area (Å²) in [6, 6.07) is 21.9. The molecule has 0 aliphatic carbocycles. The van der Waals surface area contributed by atoms with Crippen molar-refractivity contribution in [1.82, 2.24) is 33.5 Å². The third kappa shape index (κ3) is 10.0. The molecule has 3 aromatic carbocycles. The molecule has 0 radical (unpaired) electrons. The Labute approximate surface area is 350 Å². The van der Waals surface area contributed by atoms with Gasteiger partial charge in [0.05, 0.1) is 9.79 Å². The number of rotatable bonds is 11. The van der Waals surface area contributed by atoms with Crippen LogP contribution in [0.3, 0.4) is 0 Å². The molecule has 6 aromatic rings. The standard InChI is InChI=1S/C24H25ClN6O3S2.C13H17N5O2S2/c1-17-15-30(20-3-5-21(6-4-20)36(33,34)28-24-26-16-27-35-24)12-13-31(17)23(32)9-11-29-10-8-18-14-19(25)2-7-22(18)29;1-10-8-18(7-6-14-10)11-2-4-12(5-3-11)22(19,20)17-13-15-9-16-21-13/h2-8,10,14,16-17H,9,11-13,15H2,1H3,(H,26,27,28);2-5,9-10,14H,6-8H2,1H3,(H,15,16,17)/t17-;10-/m00/s1. The molecule has 0 bridgehead atoms. The number of hydrogen-bond donors (Lipinski definition) is 3. The molecule has 2 aliphatic rings.